The number of carbonyl (C=O) groups is 1. The molecule has 1 aromatic rings. The molecule has 0 aliphatic carbocycles. The van der Waals surface area contributed by atoms with E-state index in [4.69, 9.17) is 5.11 Å². The summed E-state index contributed by atoms with van der Waals surface area (Å²) in [6, 6.07) is 4.53. The summed E-state index contributed by atoms with van der Waals surface area (Å²) in [5.41, 5.74) is 0.423. The Kier molecular flexibility index (Phi) is 7.18. The maximum Gasteiger partial charge on any atom is 0.318 e. The molecular weight excluding hydrogens is 377 g/mol. The van der Waals surface area contributed by atoms with Crippen molar-refractivity contribution in [1.82, 2.24) is 4.90 Å². The van der Waals surface area contributed by atoms with Gasteiger partial charge in [-0.25, -0.2) is 12.8 Å². The molecule has 0 aliphatic heterocycles. The maximum atomic E-state index is 13.7. The zero-order chi connectivity index (χ0) is 16.8. The Labute approximate surface area is 137 Å². The van der Waals surface area contributed by atoms with Gasteiger partial charge in [0.25, 0.3) is 0 Å². The van der Waals surface area contributed by atoms with Gasteiger partial charge >= 0.3 is 5.97 Å². The van der Waals surface area contributed by atoms with Crippen molar-refractivity contribution in [2.24, 2.45) is 0 Å². The second-order valence-corrected chi connectivity index (χ2v) is 7.85. The summed E-state index contributed by atoms with van der Waals surface area (Å²) in [7, 11) is -3.68. The van der Waals surface area contributed by atoms with Crippen LogP contribution in [0.5, 0.6) is 0 Å². The Bertz CT molecular complexity index is 648. The molecule has 5 nitrogen and oxygen atoms in total. The molecule has 1 aromatic carbocycles. The summed E-state index contributed by atoms with van der Waals surface area (Å²) in [6.45, 7) is 4.27. The van der Waals surface area contributed by atoms with E-state index in [1.54, 1.807) is 23.1 Å². The van der Waals surface area contributed by atoms with Gasteiger partial charge in [0.05, 0.1) is 5.75 Å². The van der Waals surface area contributed by atoms with Gasteiger partial charge in [0.15, 0.2) is 9.84 Å². The zero-order valence-corrected chi connectivity index (χ0v) is 14.2. The summed E-state index contributed by atoms with van der Waals surface area (Å²) in [6.07, 6.45) is 1.58. The van der Waals surface area contributed by atoms with E-state index in [2.05, 4.69) is 22.5 Å². The number of sulfone groups is 1. The van der Waals surface area contributed by atoms with Crippen LogP contribution in [-0.2, 0) is 21.2 Å². The van der Waals surface area contributed by atoms with Gasteiger partial charge in [-0.05, 0) is 18.2 Å². The molecule has 0 radical (unpaired) electrons. The van der Waals surface area contributed by atoms with Crippen LogP contribution in [0.25, 0.3) is 0 Å². The minimum Gasteiger partial charge on any atom is -0.480 e. The first-order chi connectivity index (χ1) is 10.2. The van der Waals surface area contributed by atoms with Gasteiger partial charge in [0.2, 0.25) is 0 Å². The standard InChI is InChI=1S/C14H17BrFNO4S/c1-2-5-17(6-7-22(20,21)10-14(18)19)9-11-8-12(15)3-4-13(11)16/h2-4,8H,1,5-7,9-10H2,(H,18,19). The molecule has 0 amide bonds. The van der Waals surface area contributed by atoms with Crippen molar-refractivity contribution in [3.05, 3.63) is 46.7 Å². The second-order valence-electron chi connectivity index (χ2n) is 4.75. The van der Waals surface area contributed by atoms with Crippen molar-refractivity contribution < 1.29 is 22.7 Å². The van der Waals surface area contributed by atoms with E-state index in [0.717, 1.165) is 4.47 Å². The van der Waals surface area contributed by atoms with Crippen molar-refractivity contribution in [2.75, 3.05) is 24.6 Å². The number of hydrogen-bond acceptors (Lipinski definition) is 4. The predicted octanol–water partition coefficient (Wildman–Crippen LogP) is 2.08. The number of nitrogens with zero attached hydrogens (tertiary/aromatic N) is 1. The van der Waals surface area contributed by atoms with Gasteiger partial charge in [0.1, 0.15) is 11.6 Å². The Morgan fingerprint density at radius 1 is 1.45 bits per heavy atom. The van der Waals surface area contributed by atoms with Gasteiger partial charge < -0.3 is 5.11 Å². The summed E-state index contributed by atoms with van der Waals surface area (Å²) < 4.78 is 37.7. The average Bonchev–Trinajstić information content (AvgIpc) is 2.39. The lowest BCUT2D eigenvalue weighted by Gasteiger charge is -2.21. The smallest absolute Gasteiger partial charge is 0.318 e. The third-order valence-electron chi connectivity index (χ3n) is 2.85. The van der Waals surface area contributed by atoms with E-state index >= 15 is 0 Å². The fraction of sp³-hybridized carbons (Fsp3) is 0.357. The fourth-order valence-corrected chi connectivity index (χ4v) is 3.32. The number of benzene rings is 1. The number of aliphatic carboxylic acids is 1. The Morgan fingerprint density at radius 3 is 2.73 bits per heavy atom. The number of rotatable bonds is 9. The second kappa shape index (κ2) is 8.40. The largest absolute Gasteiger partial charge is 0.480 e. The quantitative estimate of drug-likeness (QED) is 0.650. The molecular formula is C14H17BrFNO4S. The van der Waals surface area contributed by atoms with Crippen LogP contribution in [0.1, 0.15) is 5.56 Å². The van der Waals surface area contributed by atoms with Gasteiger partial charge in [-0.15, -0.1) is 6.58 Å². The van der Waals surface area contributed by atoms with E-state index in [-0.39, 0.29) is 24.7 Å². The van der Waals surface area contributed by atoms with Crippen LogP contribution in [-0.4, -0.2) is 49.0 Å². The summed E-state index contributed by atoms with van der Waals surface area (Å²) in [4.78, 5) is 12.2. The van der Waals surface area contributed by atoms with Crippen molar-refractivity contribution in [2.45, 2.75) is 6.54 Å². The predicted molar refractivity (Wildman–Crippen MR) is 85.9 cm³/mol. The van der Waals surface area contributed by atoms with Crippen molar-refractivity contribution in [3.63, 3.8) is 0 Å². The lowest BCUT2D eigenvalue weighted by atomic mass is 10.2. The van der Waals surface area contributed by atoms with Gasteiger partial charge in [0, 0.05) is 29.7 Å². The van der Waals surface area contributed by atoms with Gasteiger partial charge in [-0.3, -0.25) is 9.69 Å². The Balaban J connectivity index is 2.75. The van der Waals surface area contributed by atoms with Crippen LogP contribution >= 0.6 is 15.9 Å². The molecule has 0 unspecified atom stereocenters. The van der Waals surface area contributed by atoms with Crippen LogP contribution < -0.4 is 0 Å². The van der Waals surface area contributed by atoms with Crippen LogP contribution in [0.4, 0.5) is 4.39 Å². The highest BCUT2D eigenvalue weighted by Crippen LogP contribution is 2.17. The highest BCUT2D eigenvalue weighted by molar-refractivity contribution is 9.10. The lowest BCUT2D eigenvalue weighted by molar-refractivity contribution is -0.134. The highest BCUT2D eigenvalue weighted by Gasteiger charge is 2.18. The number of carboxylic acid groups (broad SMARTS) is 1. The minimum atomic E-state index is -3.68. The Morgan fingerprint density at radius 2 is 2.14 bits per heavy atom. The summed E-state index contributed by atoms with van der Waals surface area (Å²) in [5, 5.41) is 8.56. The molecule has 0 spiro atoms. The zero-order valence-electron chi connectivity index (χ0n) is 11.8. The van der Waals surface area contributed by atoms with E-state index < -0.39 is 21.6 Å². The molecule has 0 aromatic heterocycles. The molecule has 0 heterocycles. The van der Waals surface area contributed by atoms with E-state index in [9.17, 15) is 17.6 Å². The molecule has 1 N–H and O–H groups in total. The number of carboxylic acids is 1. The first-order valence-electron chi connectivity index (χ1n) is 6.43. The maximum absolute atomic E-state index is 13.7. The van der Waals surface area contributed by atoms with Gasteiger partial charge in [-0.2, -0.15) is 0 Å². The molecule has 8 heteroatoms. The average molecular weight is 394 g/mol. The lowest BCUT2D eigenvalue weighted by Crippen LogP contribution is -2.31. The third-order valence-corrected chi connectivity index (χ3v) is 4.84. The van der Waals surface area contributed by atoms with E-state index in [1.807, 2.05) is 0 Å². The van der Waals surface area contributed by atoms with Crippen LogP contribution in [0.3, 0.4) is 0 Å². The fourth-order valence-electron chi connectivity index (χ4n) is 1.85. The van der Waals surface area contributed by atoms with E-state index in [0.29, 0.717) is 12.1 Å². The molecule has 0 saturated carbocycles. The molecule has 22 heavy (non-hydrogen) atoms. The highest BCUT2D eigenvalue weighted by atomic mass is 79.9. The minimum absolute atomic E-state index is 0.105. The van der Waals surface area contributed by atoms with E-state index in [1.165, 1.54) is 6.07 Å². The normalized spacial score (nSPS) is 11.6. The van der Waals surface area contributed by atoms with Crippen molar-refractivity contribution >= 4 is 31.7 Å². The molecule has 1 rings (SSSR count). The summed E-state index contributed by atoms with van der Waals surface area (Å²) >= 11 is 3.26. The summed E-state index contributed by atoms with van der Waals surface area (Å²) in [5.74, 6) is -2.97. The van der Waals surface area contributed by atoms with Crippen LogP contribution in [0.15, 0.2) is 35.3 Å². The molecule has 0 fully saturated rings. The first-order valence-corrected chi connectivity index (χ1v) is 9.04. The Hall–Kier alpha value is -1.25. The van der Waals surface area contributed by atoms with Gasteiger partial charge in [-0.1, -0.05) is 22.0 Å². The first kappa shape index (κ1) is 18.8. The molecule has 0 atom stereocenters. The number of halogens is 2. The van der Waals surface area contributed by atoms with Crippen LogP contribution in [0.2, 0.25) is 0 Å². The SMILES string of the molecule is C=CCN(CCS(=O)(=O)CC(=O)O)Cc1cc(Br)ccc1F. The topological polar surface area (TPSA) is 74.7 Å². The number of hydrogen-bond donors (Lipinski definition) is 1. The van der Waals surface area contributed by atoms with Crippen molar-refractivity contribution in [1.29, 1.82) is 0 Å². The molecule has 0 aliphatic rings. The molecule has 0 bridgehead atoms. The third kappa shape index (κ3) is 6.67. The van der Waals surface area contributed by atoms with Crippen LogP contribution in [0, 0.1) is 5.82 Å². The molecule has 122 valence electrons. The van der Waals surface area contributed by atoms with Crippen molar-refractivity contribution in [3.8, 4) is 0 Å². The monoisotopic (exact) mass is 393 g/mol. The molecule has 0 saturated heterocycles.